The third kappa shape index (κ3) is 2.41. The molecule has 1 aliphatic rings. The molecule has 0 bridgehead atoms. The van der Waals surface area contributed by atoms with Gasteiger partial charge in [0, 0.05) is 19.2 Å². The molecule has 1 aliphatic heterocycles. The Morgan fingerprint density at radius 2 is 2.09 bits per heavy atom. The number of anilines is 1. The Bertz CT molecular complexity index is 780. The van der Waals surface area contributed by atoms with E-state index in [0.717, 1.165) is 41.5 Å². The highest BCUT2D eigenvalue weighted by Crippen LogP contribution is 2.24. The van der Waals surface area contributed by atoms with Crippen LogP contribution in [0, 0.1) is 0 Å². The van der Waals surface area contributed by atoms with Gasteiger partial charge < -0.3 is 9.88 Å². The monoisotopic (exact) mass is 294 g/mol. The first-order valence-electron chi connectivity index (χ1n) is 7.76. The minimum absolute atomic E-state index is 0.634. The van der Waals surface area contributed by atoms with E-state index < -0.39 is 0 Å². The molecule has 0 fully saturated rings. The Labute approximate surface area is 128 Å². The summed E-state index contributed by atoms with van der Waals surface area (Å²) in [5.74, 6) is 1.92. The second-order valence-corrected chi connectivity index (χ2v) is 5.56. The van der Waals surface area contributed by atoms with Crippen LogP contribution < -0.4 is 5.32 Å². The lowest BCUT2D eigenvalue weighted by molar-refractivity contribution is 0.643. The first-order valence-corrected chi connectivity index (χ1v) is 7.76. The summed E-state index contributed by atoms with van der Waals surface area (Å²) >= 11 is 0. The molecule has 6 nitrogen and oxygen atoms in total. The van der Waals surface area contributed by atoms with Crippen LogP contribution in [0.4, 0.5) is 5.82 Å². The number of nitrogens with zero attached hydrogens (tertiary/aromatic N) is 5. The third-order valence-electron chi connectivity index (χ3n) is 4.06. The molecule has 0 unspecified atom stereocenters. The van der Waals surface area contributed by atoms with E-state index in [0.29, 0.717) is 6.54 Å². The van der Waals surface area contributed by atoms with Crippen LogP contribution in [0.15, 0.2) is 30.7 Å². The van der Waals surface area contributed by atoms with Gasteiger partial charge in [0.15, 0.2) is 17.0 Å². The average molecular weight is 294 g/mol. The van der Waals surface area contributed by atoms with E-state index in [1.165, 1.54) is 19.3 Å². The number of hydrogen-bond donors (Lipinski definition) is 1. The Morgan fingerprint density at radius 1 is 1.09 bits per heavy atom. The fraction of sp³-hybridized carbons (Fsp3) is 0.375. The second kappa shape index (κ2) is 5.71. The zero-order valence-electron chi connectivity index (χ0n) is 12.4. The largest absolute Gasteiger partial charge is 0.362 e. The number of pyridine rings is 1. The highest BCUT2D eigenvalue weighted by molar-refractivity contribution is 5.83. The fourth-order valence-corrected chi connectivity index (χ4v) is 2.94. The summed E-state index contributed by atoms with van der Waals surface area (Å²) < 4.78 is 2.25. The zero-order valence-corrected chi connectivity index (χ0v) is 12.4. The van der Waals surface area contributed by atoms with Crippen molar-refractivity contribution in [2.45, 2.75) is 38.8 Å². The van der Waals surface area contributed by atoms with E-state index in [9.17, 15) is 0 Å². The molecule has 0 atom stereocenters. The quantitative estimate of drug-likeness (QED) is 0.804. The van der Waals surface area contributed by atoms with Crippen LogP contribution >= 0.6 is 0 Å². The maximum absolute atomic E-state index is 4.78. The van der Waals surface area contributed by atoms with Gasteiger partial charge in [-0.25, -0.2) is 15.0 Å². The summed E-state index contributed by atoms with van der Waals surface area (Å²) in [5.41, 5.74) is 2.79. The summed E-state index contributed by atoms with van der Waals surface area (Å²) in [6.45, 7) is 1.64. The van der Waals surface area contributed by atoms with Crippen molar-refractivity contribution in [1.29, 1.82) is 0 Å². The molecule has 0 aliphatic carbocycles. The Balaban J connectivity index is 1.67. The van der Waals surface area contributed by atoms with Gasteiger partial charge in [-0.3, -0.25) is 4.98 Å². The molecule has 4 rings (SSSR count). The Kier molecular flexibility index (Phi) is 3.42. The van der Waals surface area contributed by atoms with E-state index in [1.807, 2.05) is 18.2 Å². The highest BCUT2D eigenvalue weighted by Gasteiger charge is 2.17. The van der Waals surface area contributed by atoms with Gasteiger partial charge in [-0.15, -0.1) is 0 Å². The molecule has 0 spiro atoms. The lowest BCUT2D eigenvalue weighted by atomic mass is 10.2. The standard InChI is InChI=1S/C16H18N6/c1-2-7-13-21-14-15(18-10-12-6-3-4-8-17-12)19-11-20-16(14)22(13)9-5-1/h3-4,6,8,11H,1-2,5,7,9-10H2,(H,18,19,20). The van der Waals surface area contributed by atoms with E-state index in [4.69, 9.17) is 4.98 Å². The first kappa shape index (κ1) is 13.2. The van der Waals surface area contributed by atoms with Crippen LogP contribution in [-0.2, 0) is 19.5 Å². The predicted molar refractivity (Wildman–Crippen MR) is 84.4 cm³/mol. The molecule has 4 heterocycles. The molecule has 6 heteroatoms. The lowest BCUT2D eigenvalue weighted by Gasteiger charge is -2.06. The van der Waals surface area contributed by atoms with E-state index in [2.05, 4.69) is 24.8 Å². The van der Waals surface area contributed by atoms with Crippen molar-refractivity contribution in [3.05, 3.63) is 42.2 Å². The Morgan fingerprint density at radius 3 is 3.00 bits per heavy atom. The molecule has 1 N–H and O–H groups in total. The lowest BCUT2D eigenvalue weighted by Crippen LogP contribution is -2.04. The van der Waals surface area contributed by atoms with Crippen molar-refractivity contribution in [2.75, 3.05) is 5.32 Å². The number of fused-ring (bicyclic) bond motifs is 3. The molecule has 0 amide bonds. The van der Waals surface area contributed by atoms with Crippen LogP contribution in [0.2, 0.25) is 0 Å². The summed E-state index contributed by atoms with van der Waals surface area (Å²) in [6, 6.07) is 5.89. The molecule has 3 aromatic heterocycles. The minimum Gasteiger partial charge on any atom is -0.362 e. The topological polar surface area (TPSA) is 68.5 Å². The van der Waals surface area contributed by atoms with Crippen LogP contribution in [0.25, 0.3) is 11.2 Å². The molecule has 0 aromatic carbocycles. The second-order valence-electron chi connectivity index (χ2n) is 5.56. The van der Waals surface area contributed by atoms with Gasteiger partial charge in [-0.05, 0) is 25.0 Å². The third-order valence-corrected chi connectivity index (χ3v) is 4.06. The number of rotatable bonds is 3. The Hall–Kier alpha value is -2.50. The molecular weight excluding hydrogens is 276 g/mol. The number of aryl methyl sites for hydroxylation is 2. The summed E-state index contributed by atoms with van der Waals surface area (Å²) in [6.07, 6.45) is 8.09. The van der Waals surface area contributed by atoms with Crippen LogP contribution in [-0.4, -0.2) is 24.5 Å². The average Bonchev–Trinajstić information content (AvgIpc) is 2.76. The van der Waals surface area contributed by atoms with Crippen LogP contribution in [0.1, 0.15) is 30.8 Å². The van der Waals surface area contributed by atoms with Crippen molar-refractivity contribution in [2.24, 2.45) is 0 Å². The van der Waals surface area contributed by atoms with Gasteiger partial charge in [0.1, 0.15) is 12.2 Å². The highest BCUT2D eigenvalue weighted by atomic mass is 15.2. The van der Waals surface area contributed by atoms with Gasteiger partial charge in [-0.1, -0.05) is 12.5 Å². The number of nitrogens with one attached hydrogen (secondary N) is 1. The maximum Gasteiger partial charge on any atom is 0.165 e. The van der Waals surface area contributed by atoms with Gasteiger partial charge >= 0.3 is 0 Å². The maximum atomic E-state index is 4.78. The molecule has 0 saturated carbocycles. The van der Waals surface area contributed by atoms with E-state index >= 15 is 0 Å². The van der Waals surface area contributed by atoms with Gasteiger partial charge in [-0.2, -0.15) is 0 Å². The molecular formula is C16H18N6. The smallest absolute Gasteiger partial charge is 0.165 e. The minimum atomic E-state index is 0.634. The van der Waals surface area contributed by atoms with Gasteiger partial charge in [0.2, 0.25) is 0 Å². The van der Waals surface area contributed by atoms with Crippen molar-refractivity contribution in [1.82, 2.24) is 24.5 Å². The SMILES string of the molecule is c1ccc(CNc2ncnc3c2nc2n3CCCCC2)nc1. The fourth-order valence-electron chi connectivity index (χ4n) is 2.94. The van der Waals surface area contributed by atoms with E-state index in [-0.39, 0.29) is 0 Å². The zero-order chi connectivity index (χ0) is 14.8. The van der Waals surface area contributed by atoms with Crippen molar-refractivity contribution in [3.8, 4) is 0 Å². The number of imidazole rings is 1. The predicted octanol–water partition coefficient (Wildman–Crippen LogP) is 2.56. The van der Waals surface area contributed by atoms with Crippen LogP contribution in [0.5, 0.6) is 0 Å². The van der Waals surface area contributed by atoms with E-state index in [1.54, 1.807) is 12.5 Å². The van der Waals surface area contributed by atoms with Crippen molar-refractivity contribution < 1.29 is 0 Å². The summed E-state index contributed by atoms with van der Waals surface area (Å²) in [5, 5.41) is 3.34. The van der Waals surface area contributed by atoms with Gasteiger partial charge in [0.05, 0.1) is 12.2 Å². The number of hydrogen-bond acceptors (Lipinski definition) is 5. The molecule has 3 aromatic rings. The first-order chi connectivity index (χ1) is 10.9. The van der Waals surface area contributed by atoms with Crippen molar-refractivity contribution >= 4 is 17.0 Å². The number of aromatic nitrogens is 5. The molecule has 112 valence electrons. The molecule has 22 heavy (non-hydrogen) atoms. The van der Waals surface area contributed by atoms with Gasteiger partial charge in [0.25, 0.3) is 0 Å². The van der Waals surface area contributed by atoms with Crippen LogP contribution in [0.3, 0.4) is 0 Å². The molecule has 0 saturated heterocycles. The summed E-state index contributed by atoms with van der Waals surface area (Å²) in [7, 11) is 0. The van der Waals surface area contributed by atoms with Crippen molar-refractivity contribution in [3.63, 3.8) is 0 Å². The summed E-state index contributed by atoms with van der Waals surface area (Å²) in [4.78, 5) is 17.9. The normalized spacial score (nSPS) is 14.5. The molecule has 0 radical (unpaired) electrons.